The topological polar surface area (TPSA) is 57.8 Å². The van der Waals surface area contributed by atoms with Crippen molar-refractivity contribution in [2.45, 2.75) is 24.6 Å². The van der Waals surface area contributed by atoms with Gasteiger partial charge in [0, 0.05) is 11.1 Å². The fourth-order valence-corrected chi connectivity index (χ4v) is 3.27. The molecule has 3 rings (SSSR count). The lowest BCUT2D eigenvalue weighted by Gasteiger charge is -2.13. The molecule has 1 amide bonds. The summed E-state index contributed by atoms with van der Waals surface area (Å²) in [4.78, 5) is 18.5. The summed E-state index contributed by atoms with van der Waals surface area (Å²) in [7, 11) is 0. The summed E-state index contributed by atoms with van der Waals surface area (Å²) < 4.78 is 0. The molecule has 4 nitrogen and oxygen atoms in total. The lowest BCUT2D eigenvalue weighted by Crippen LogP contribution is -2.19. The second kappa shape index (κ2) is 8.34. The third-order valence-electron chi connectivity index (χ3n) is 4.15. The maximum Gasteiger partial charge on any atom is 0.257 e. The Kier molecular flexibility index (Phi) is 6.10. The molecule has 0 unspecified atom stereocenters. The van der Waals surface area contributed by atoms with E-state index in [4.69, 9.17) is 34.8 Å². The molecule has 2 N–H and O–H groups in total. The van der Waals surface area contributed by atoms with Gasteiger partial charge < -0.3 is 10.3 Å². The van der Waals surface area contributed by atoms with Crippen LogP contribution in [0.15, 0.2) is 48.7 Å². The molecule has 140 valence electrons. The van der Waals surface area contributed by atoms with E-state index in [0.29, 0.717) is 22.5 Å². The molecule has 0 saturated heterocycles. The third kappa shape index (κ3) is 4.29. The minimum Gasteiger partial charge on any atom is -0.338 e. The maximum atomic E-state index is 11.9. The van der Waals surface area contributed by atoms with Gasteiger partial charge in [0.1, 0.15) is 5.82 Å². The van der Waals surface area contributed by atoms with Crippen LogP contribution in [0.4, 0.5) is 5.69 Å². The number of benzene rings is 2. The molecule has 0 aliphatic rings. The van der Waals surface area contributed by atoms with Crippen LogP contribution in [-0.2, 0) is 4.79 Å². The van der Waals surface area contributed by atoms with E-state index in [0.717, 1.165) is 22.4 Å². The van der Waals surface area contributed by atoms with E-state index in [1.807, 2.05) is 30.3 Å². The van der Waals surface area contributed by atoms with Crippen molar-refractivity contribution in [3.8, 4) is 22.6 Å². The second-order valence-electron chi connectivity index (χ2n) is 6.34. The summed E-state index contributed by atoms with van der Waals surface area (Å²) >= 11 is 17.7. The van der Waals surface area contributed by atoms with E-state index >= 15 is 0 Å². The smallest absolute Gasteiger partial charge is 0.257 e. The molecule has 0 spiro atoms. The van der Waals surface area contributed by atoms with Crippen molar-refractivity contribution in [2.75, 3.05) is 5.32 Å². The number of anilines is 1. The minimum atomic E-state index is -1.15. The van der Waals surface area contributed by atoms with E-state index in [1.165, 1.54) is 0 Å². The Morgan fingerprint density at radius 1 is 1.11 bits per heavy atom. The number of hydrogen-bond acceptors (Lipinski definition) is 2. The Morgan fingerprint density at radius 3 is 2.56 bits per heavy atom. The van der Waals surface area contributed by atoms with E-state index in [-0.39, 0.29) is 0 Å². The van der Waals surface area contributed by atoms with Crippen molar-refractivity contribution in [1.82, 2.24) is 9.97 Å². The van der Waals surface area contributed by atoms with Crippen LogP contribution in [0, 0.1) is 0 Å². The number of carbonyl (C=O) groups is 1. The number of nitrogens with zero attached hydrogens (tertiary/aromatic N) is 1. The Balaban J connectivity index is 2.03. The van der Waals surface area contributed by atoms with Crippen LogP contribution in [0.1, 0.15) is 25.3 Å². The average molecular weight is 423 g/mol. The van der Waals surface area contributed by atoms with Gasteiger partial charge in [0.2, 0.25) is 0 Å². The van der Waals surface area contributed by atoms with Crippen LogP contribution >= 0.6 is 34.8 Å². The monoisotopic (exact) mass is 421 g/mol. The van der Waals surface area contributed by atoms with Crippen LogP contribution < -0.4 is 5.32 Å². The van der Waals surface area contributed by atoms with E-state index in [9.17, 15) is 4.79 Å². The molecule has 0 atom stereocenters. The van der Waals surface area contributed by atoms with Crippen LogP contribution in [0.3, 0.4) is 0 Å². The highest BCUT2D eigenvalue weighted by Crippen LogP contribution is 2.36. The van der Waals surface area contributed by atoms with Gasteiger partial charge in [-0.05, 0) is 29.7 Å². The number of halogens is 3. The summed E-state index contributed by atoms with van der Waals surface area (Å²) in [5.74, 6) is 0.420. The second-order valence-corrected chi connectivity index (χ2v) is 7.84. The van der Waals surface area contributed by atoms with Crippen LogP contribution in [0.25, 0.3) is 22.6 Å². The minimum absolute atomic E-state index is 0.307. The van der Waals surface area contributed by atoms with Crippen LogP contribution in [0.2, 0.25) is 5.02 Å². The Morgan fingerprint density at radius 2 is 1.85 bits per heavy atom. The largest absolute Gasteiger partial charge is 0.338 e. The number of nitrogens with one attached hydrogen (secondary N) is 2. The molecule has 3 aromatic rings. The molecule has 1 heterocycles. The van der Waals surface area contributed by atoms with Crippen molar-refractivity contribution >= 4 is 46.4 Å². The van der Waals surface area contributed by atoms with Gasteiger partial charge in [0.25, 0.3) is 5.91 Å². The number of carbonyl (C=O) groups excluding carboxylic acids is 1. The van der Waals surface area contributed by atoms with Crippen molar-refractivity contribution in [1.29, 1.82) is 0 Å². The van der Waals surface area contributed by atoms with Gasteiger partial charge in [-0.25, -0.2) is 4.98 Å². The van der Waals surface area contributed by atoms with Crippen molar-refractivity contribution in [3.63, 3.8) is 0 Å². The standard InChI is InChI=1S/C20H18Cl3N3O/c1-11(2)12-7-5-8-14(21)17(12)16-10-24-19(25-16)13-6-3-4-9-15(13)26-20(27)18(22)23/h3-11,18H,1-2H3,(H,24,25)(H,26,27). The number of rotatable bonds is 5. The fourth-order valence-electron chi connectivity index (χ4n) is 2.88. The maximum absolute atomic E-state index is 11.9. The predicted octanol–water partition coefficient (Wildman–Crippen LogP) is 6.26. The quantitative estimate of drug-likeness (QED) is 0.476. The highest BCUT2D eigenvalue weighted by Gasteiger charge is 2.18. The molecule has 0 radical (unpaired) electrons. The van der Waals surface area contributed by atoms with Gasteiger partial charge in [-0.3, -0.25) is 4.79 Å². The Bertz CT molecular complexity index is 967. The van der Waals surface area contributed by atoms with Gasteiger partial charge in [0.15, 0.2) is 4.84 Å². The molecule has 7 heteroatoms. The first-order chi connectivity index (χ1) is 12.9. The lowest BCUT2D eigenvalue weighted by molar-refractivity contribution is -0.114. The number of H-pyrrole nitrogens is 1. The fraction of sp³-hybridized carbons (Fsp3) is 0.200. The average Bonchev–Trinajstić information content (AvgIpc) is 3.11. The zero-order valence-electron chi connectivity index (χ0n) is 14.8. The van der Waals surface area contributed by atoms with Gasteiger partial charge in [-0.1, -0.05) is 72.9 Å². The first kappa shape index (κ1) is 19.7. The highest BCUT2D eigenvalue weighted by atomic mass is 35.5. The number of para-hydroxylation sites is 1. The molecule has 2 aromatic carbocycles. The van der Waals surface area contributed by atoms with Gasteiger partial charge in [0.05, 0.1) is 22.6 Å². The molecular formula is C20H18Cl3N3O. The number of amides is 1. The number of hydrogen-bond donors (Lipinski definition) is 2. The normalized spacial score (nSPS) is 11.2. The molecule has 0 saturated carbocycles. The number of aromatic nitrogens is 2. The Labute approximate surface area is 172 Å². The van der Waals surface area contributed by atoms with Gasteiger partial charge in [-0.15, -0.1) is 0 Å². The van der Waals surface area contributed by atoms with Gasteiger partial charge in [-0.2, -0.15) is 0 Å². The van der Waals surface area contributed by atoms with Crippen molar-refractivity contribution < 1.29 is 4.79 Å². The lowest BCUT2D eigenvalue weighted by atomic mass is 9.95. The zero-order valence-corrected chi connectivity index (χ0v) is 17.0. The molecule has 1 aromatic heterocycles. The summed E-state index contributed by atoms with van der Waals surface area (Å²) in [6, 6.07) is 13.1. The molecule has 27 heavy (non-hydrogen) atoms. The number of aromatic amines is 1. The first-order valence-electron chi connectivity index (χ1n) is 8.40. The Hall–Kier alpha value is -2.01. The third-order valence-corrected chi connectivity index (χ3v) is 4.86. The van der Waals surface area contributed by atoms with Crippen molar-refractivity contribution in [3.05, 3.63) is 59.2 Å². The molecule has 0 bridgehead atoms. The van der Waals surface area contributed by atoms with E-state index in [2.05, 4.69) is 35.2 Å². The van der Waals surface area contributed by atoms with E-state index in [1.54, 1.807) is 12.3 Å². The first-order valence-corrected chi connectivity index (χ1v) is 9.65. The highest BCUT2D eigenvalue weighted by molar-refractivity contribution is 6.54. The number of alkyl halides is 2. The summed E-state index contributed by atoms with van der Waals surface area (Å²) in [6.45, 7) is 4.23. The summed E-state index contributed by atoms with van der Waals surface area (Å²) in [5.41, 5.74) is 4.16. The summed E-state index contributed by atoms with van der Waals surface area (Å²) in [5, 5.41) is 3.37. The van der Waals surface area contributed by atoms with Crippen molar-refractivity contribution in [2.24, 2.45) is 0 Å². The van der Waals surface area contributed by atoms with Gasteiger partial charge >= 0.3 is 0 Å². The number of imidazole rings is 1. The molecule has 0 aliphatic carbocycles. The van der Waals surface area contributed by atoms with Crippen LogP contribution in [-0.4, -0.2) is 20.7 Å². The molecule has 0 fully saturated rings. The zero-order chi connectivity index (χ0) is 19.6. The van der Waals surface area contributed by atoms with E-state index < -0.39 is 10.7 Å². The SMILES string of the molecule is CC(C)c1cccc(Cl)c1-c1cnc(-c2ccccc2NC(=O)C(Cl)Cl)[nH]1. The summed E-state index contributed by atoms with van der Waals surface area (Å²) in [6.07, 6.45) is 1.74. The van der Waals surface area contributed by atoms with Crippen LogP contribution in [0.5, 0.6) is 0 Å². The molecule has 0 aliphatic heterocycles. The molecular weight excluding hydrogens is 405 g/mol. The predicted molar refractivity (Wildman–Crippen MR) is 113 cm³/mol.